The van der Waals surface area contributed by atoms with Crippen molar-refractivity contribution in [2.24, 2.45) is 5.92 Å². The van der Waals surface area contributed by atoms with Crippen molar-refractivity contribution in [1.29, 1.82) is 0 Å². The number of amides is 1. The van der Waals surface area contributed by atoms with Crippen LogP contribution in [0.3, 0.4) is 0 Å². The van der Waals surface area contributed by atoms with Gasteiger partial charge < -0.3 is 14.6 Å². The third-order valence-electron chi connectivity index (χ3n) is 5.19. The topological polar surface area (TPSA) is 45.3 Å². The fraction of sp³-hybridized carbons (Fsp3) is 0.318. The molecule has 2 heterocycles. The molecule has 1 aliphatic heterocycles. The lowest BCUT2D eigenvalue weighted by Crippen LogP contribution is -2.28. The summed E-state index contributed by atoms with van der Waals surface area (Å²) in [7, 11) is 0. The number of nitrogens with zero attached hydrogens (tertiary/aromatic N) is 1. The molecule has 4 rings (SSSR count). The van der Waals surface area contributed by atoms with E-state index in [0.717, 1.165) is 48.1 Å². The number of nitrogens with one attached hydrogen (secondary N) is 1. The molecule has 26 heavy (non-hydrogen) atoms. The number of fused-ring (bicyclic) bond motifs is 1. The zero-order chi connectivity index (χ0) is 17.9. The van der Waals surface area contributed by atoms with Crippen molar-refractivity contribution in [2.75, 3.05) is 19.7 Å². The van der Waals surface area contributed by atoms with Crippen molar-refractivity contribution in [2.45, 2.75) is 19.8 Å². The molecule has 0 bridgehead atoms. The molecule has 1 fully saturated rings. The number of likely N-dealkylation sites (tertiary alicyclic amines) is 1. The monoisotopic (exact) mass is 348 g/mol. The number of aryl methyl sites for hydroxylation is 1. The Kier molecular flexibility index (Phi) is 4.65. The van der Waals surface area contributed by atoms with Crippen LogP contribution in [-0.2, 0) is 0 Å². The smallest absolute Gasteiger partial charge is 0.253 e. The number of benzene rings is 2. The SMILES string of the molecule is Cc1ccc(OCCC2CCN(C(=O)c3ccc4[nH]ccc4c3)C2)cc1. The van der Waals surface area contributed by atoms with Gasteiger partial charge in [0.05, 0.1) is 6.61 Å². The third-order valence-corrected chi connectivity index (χ3v) is 5.19. The van der Waals surface area contributed by atoms with Crippen molar-refractivity contribution in [3.05, 3.63) is 65.9 Å². The molecule has 1 amide bonds. The Labute approximate surface area is 153 Å². The first-order chi connectivity index (χ1) is 12.7. The van der Waals surface area contributed by atoms with Gasteiger partial charge in [0, 0.05) is 35.8 Å². The molecule has 1 unspecified atom stereocenters. The summed E-state index contributed by atoms with van der Waals surface area (Å²) < 4.78 is 5.84. The van der Waals surface area contributed by atoms with Gasteiger partial charge in [-0.2, -0.15) is 0 Å². The zero-order valence-electron chi connectivity index (χ0n) is 15.1. The molecule has 0 saturated carbocycles. The van der Waals surface area contributed by atoms with E-state index in [1.54, 1.807) is 0 Å². The summed E-state index contributed by atoms with van der Waals surface area (Å²) in [6, 6.07) is 16.0. The second-order valence-electron chi connectivity index (χ2n) is 7.14. The quantitative estimate of drug-likeness (QED) is 0.742. The van der Waals surface area contributed by atoms with Gasteiger partial charge in [-0.3, -0.25) is 4.79 Å². The molecule has 1 atom stereocenters. The highest BCUT2D eigenvalue weighted by Gasteiger charge is 2.27. The summed E-state index contributed by atoms with van der Waals surface area (Å²) in [6.07, 6.45) is 3.93. The van der Waals surface area contributed by atoms with Gasteiger partial charge in [0.15, 0.2) is 0 Å². The van der Waals surface area contributed by atoms with Gasteiger partial charge in [-0.15, -0.1) is 0 Å². The summed E-state index contributed by atoms with van der Waals surface area (Å²) in [6.45, 7) is 4.42. The van der Waals surface area contributed by atoms with Gasteiger partial charge in [0.1, 0.15) is 5.75 Å². The number of carbonyl (C=O) groups excluding carboxylic acids is 1. The number of hydrogen-bond acceptors (Lipinski definition) is 2. The Morgan fingerprint density at radius 1 is 1.19 bits per heavy atom. The van der Waals surface area contributed by atoms with E-state index in [-0.39, 0.29) is 5.91 Å². The Morgan fingerprint density at radius 2 is 2.04 bits per heavy atom. The first-order valence-electron chi connectivity index (χ1n) is 9.25. The van der Waals surface area contributed by atoms with E-state index < -0.39 is 0 Å². The van der Waals surface area contributed by atoms with Crippen LogP contribution in [0.4, 0.5) is 0 Å². The molecule has 1 N–H and O–H groups in total. The van der Waals surface area contributed by atoms with Crippen molar-refractivity contribution in [3.63, 3.8) is 0 Å². The molecule has 1 aliphatic rings. The molecule has 1 saturated heterocycles. The van der Waals surface area contributed by atoms with Gasteiger partial charge in [-0.25, -0.2) is 0 Å². The van der Waals surface area contributed by atoms with Crippen LogP contribution >= 0.6 is 0 Å². The van der Waals surface area contributed by atoms with Crippen molar-refractivity contribution < 1.29 is 9.53 Å². The van der Waals surface area contributed by atoms with E-state index in [1.807, 2.05) is 47.5 Å². The predicted octanol–water partition coefficient (Wildman–Crippen LogP) is 4.41. The molecule has 4 heteroatoms. The molecular formula is C22H24N2O2. The fourth-order valence-electron chi connectivity index (χ4n) is 3.60. The summed E-state index contributed by atoms with van der Waals surface area (Å²) in [5.74, 6) is 1.57. The van der Waals surface area contributed by atoms with Crippen LogP contribution in [0.2, 0.25) is 0 Å². The molecule has 2 aromatic carbocycles. The van der Waals surface area contributed by atoms with Crippen LogP contribution in [0, 0.1) is 12.8 Å². The lowest BCUT2D eigenvalue weighted by Gasteiger charge is -2.17. The van der Waals surface area contributed by atoms with E-state index in [0.29, 0.717) is 12.5 Å². The van der Waals surface area contributed by atoms with Crippen LogP contribution < -0.4 is 4.74 Å². The number of rotatable bonds is 5. The highest BCUT2D eigenvalue weighted by Crippen LogP contribution is 2.23. The highest BCUT2D eigenvalue weighted by molar-refractivity contribution is 5.98. The second kappa shape index (κ2) is 7.24. The second-order valence-corrected chi connectivity index (χ2v) is 7.14. The summed E-state index contributed by atoms with van der Waals surface area (Å²) in [5, 5.41) is 1.08. The molecule has 0 spiro atoms. The average molecular weight is 348 g/mol. The van der Waals surface area contributed by atoms with Crippen LogP contribution in [0.15, 0.2) is 54.7 Å². The maximum Gasteiger partial charge on any atom is 0.253 e. The number of hydrogen-bond donors (Lipinski definition) is 1. The minimum atomic E-state index is 0.134. The molecule has 4 nitrogen and oxygen atoms in total. The van der Waals surface area contributed by atoms with Crippen molar-refractivity contribution in [1.82, 2.24) is 9.88 Å². The molecule has 3 aromatic rings. The van der Waals surface area contributed by atoms with Crippen LogP contribution in [-0.4, -0.2) is 35.5 Å². The first-order valence-corrected chi connectivity index (χ1v) is 9.25. The van der Waals surface area contributed by atoms with Gasteiger partial charge >= 0.3 is 0 Å². The van der Waals surface area contributed by atoms with E-state index in [2.05, 4.69) is 24.0 Å². The van der Waals surface area contributed by atoms with Crippen LogP contribution in [0.25, 0.3) is 10.9 Å². The fourth-order valence-corrected chi connectivity index (χ4v) is 3.60. The minimum Gasteiger partial charge on any atom is -0.494 e. The molecule has 0 aliphatic carbocycles. The Balaban J connectivity index is 1.30. The highest BCUT2D eigenvalue weighted by atomic mass is 16.5. The lowest BCUT2D eigenvalue weighted by molar-refractivity contribution is 0.0785. The summed E-state index contributed by atoms with van der Waals surface area (Å²) in [4.78, 5) is 17.9. The van der Waals surface area contributed by atoms with E-state index in [1.165, 1.54) is 5.56 Å². The zero-order valence-corrected chi connectivity index (χ0v) is 15.1. The number of aromatic nitrogens is 1. The number of H-pyrrole nitrogens is 1. The number of aromatic amines is 1. The first kappa shape index (κ1) is 16.7. The van der Waals surface area contributed by atoms with Crippen molar-refractivity contribution >= 4 is 16.8 Å². The van der Waals surface area contributed by atoms with Crippen LogP contribution in [0.5, 0.6) is 5.75 Å². The van der Waals surface area contributed by atoms with Gasteiger partial charge in [-0.05, 0) is 62.1 Å². The standard InChI is InChI=1S/C22H24N2O2/c1-16-2-5-20(6-3-16)26-13-10-17-9-12-24(15-17)22(25)19-4-7-21-18(14-19)8-11-23-21/h2-8,11,14,17,23H,9-10,12-13,15H2,1H3. The number of ether oxygens (including phenoxy) is 1. The third kappa shape index (κ3) is 3.59. The maximum atomic E-state index is 12.8. The largest absolute Gasteiger partial charge is 0.494 e. The van der Waals surface area contributed by atoms with Gasteiger partial charge in [0.25, 0.3) is 5.91 Å². The van der Waals surface area contributed by atoms with Crippen molar-refractivity contribution in [3.8, 4) is 5.75 Å². The van der Waals surface area contributed by atoms with E-state index in [9.17, 15) is 4.79 Å². The predicted molar refractivity (Wildman–Crippen MR) is 104 cm³/mol. The van der Waals surface area contributed by atoms with Crippen LogP contribution in [0.1, 0.15) is 28.8 Å². The minimum absolute atomic E-state index is 0.134. The average Bonchev–Trinajstić information content (AvgIpc) is 3.31. The Hall–Kier alpha value is -2.75. The summed E-state index contributed by atoms with van der Waals surface area (Å²) in [5.41, 5.74) is 3.07. The maximum absolute atomic E-state index is 12.8. The van der Waals surface area contributed by atoms with E-state index in [4.69, 9.17) is 4.74 Å². The molecular weight excluding hydrogens is 324 g/mol. The Bertz CT molecular complexity index is 898. The summed E-state index contributed by atoms with van der Waals surface area (Å²) >= 11 is 0. The normalized spacial score (nSPS) is 17.0. The van der Waals surface area contributed by atoms with Gasteiger partial charge in [0.2, 0.25) is 0 Å². The Morgan fingerprint density at radius 3 is 2.88 bits per heavy atom. The number of carbonyl (C=O) groups is 1. The van der Waals surface area contributed by atoms with E-state index >= 15 is 0 Å². The van der Waals surface area contributed by atoms with Gasteiger partial charge in [-0.1, -0.05) is 17.7 Å². The molecule has 1 aromatic heterocycles. The molecule has 0 radical (unpaired) electrons. The lowest BCUT2D eigenvalue weighted by atomic mass is 10.1. The molecule has 134 valence electrons.